The number of hydrogen-bond acceptors (Lipinski definition) is 3. The highest BCUT2D eigenvalue weighted by molar-refractivity contribution is 7.15. The zero-order valence-electron chi connectivity index (χ0n) is 12.8. The molecule has 0 atom stereocenters. The van der Waals surface area contributed by atoms with Gasteiger partial charge in [-0.3, -0.25) is 4.79 Å². The third kappa shape index (κ3) is 3.44. The van der Waals surface area contributed by atoms with E-state index in [4.69, 9.17) is 11.6 Å². The fourth-order valence-electron chi connectivity index (χ4n) is 2.23. The molecule has 1 amide bonds. The van der Waals surface area contributed by atoms with Gasteiger partial charge < -0.3 is 5.32 Å². The lowest BCUT2D eigenvalue weighted by molar-refractivity contribution is 0.102. The number of carbonyl (C=O) groups excluding carboxylic acids is 1. The SMILES string of the molecule is Cc1nc(C(=O)Nc2ccc(C)c(Cl)c2)c(-c2ccccc2)s1. The van der Waals surface area contributed by atoms with Crippen molar-refractivity contribution in [3.63, 3.8) is 0 Å². The van der Waals surface area contributed by atoms with Crippen LogP contribution in [0.4, 0.5) is 5.69 Å². The molecule has 0 aliphatic rings. The molecule has 0 spiro atoms. The van der Waals surface area contributed by atoms with Gasteiger partial charge in [-0.05, 0) is 37.1 Å². The second kappa shape index (κ2) is 6.52. The highest BCUT2D eigenvalue weighted by Crippen LogP contribution is 2.30. The Morgan fingerprint density at radius 1 is 1.13 bits per heavy atom. The normalized spacial score (nSPS) is 10.6. The third-order valence-electron chi connectivity index (χ3n) is 3.41. The predicted octanol–water partition coefficient (Wildman–Crippen LogP) is 5.33. The van der Waals surface area contributed by atoms with Crippen molar-refractivity contribution in [2.24, 2.45) is 0 Å². The summed E-state index contributed by atoms with van der Waals surface area (Å²) in [4.78, 5) is 17.9. The van der Waals surface area contributed by atoms with E-state index in [-0.39, 0.29) is 5.91 Å². The van der Waals surface area contributed by atoms with E-state index < -0.39 is 0 Å². The average Bonchev–Trinajstić information content (AvgIpc) is 2.94. The molecule has 5 heteroatoms. The number of aryl methyl sites for hydroxylation is 2. The molecule has 0 saturated carbocycles. The summed E-state index contributed by atoms with van der Waals surface area (Å²) in [5, 5.41) is 4.35. The number of thiazole rings is 1. The number of halogens is 1. The number of anilines is 1. The summed E-state index contributed by atoms with van der Waals surface area (Å²) < 4.78 is 0. The van der Waals surface area contributed by atoms with E-state index in [0.29, 0.717) is 16.4 Å². The topological polar surface area (TPSA) is 42.0 Å². The lowest BCUT2D eigenvalue weighted by atomic mass is 10.1. The first-order valence-electron chi connectivity index (χ1n) is 7.15. The molecule has 3 nitrogen and oxygen atoms in total. The number of rotatable bonds is 3. The van der Waals surface area contributed by atoms with E-state index in [1.54, 1.807) is 6.07 Å². The van der Waals surface area contributed by atoms with Crippen LogP contribution in [0, 0.1) is 13.8 Å². The number of amides is 1. The Morgan fingerprint density at radius 3 is 2.57 bits per heavy atom. The van der Waals surface area contributed by atoms with Gasteiger partial charge in [0.05, 0.1) is 9.88 Å². The van der Waals surface area contributed by atoms with Crippen molar-refractivity contribution in [3.05, 3.63) is 69.8 Å². The maximum atomic E-state index is 12.6. The van der Waals surface area contributed by atoms with Gasteiger partial charge in [0.2, 0.25) is 0 Å². The Morgan fingerprint density at radius 2 is 1.87 bits per heavy atom. The van der Waals surface area contributed by atoms with E-state index in [1.807, 2.05) is 56.3 Å². The van der Waals surface area contributed by atoms with Crippen LogP contribution in [-0.4, -0.2) is 10.9 Å². The second-order valence-electron chi connectivity index (χ2n) is 5.19. The fraction of sp³-hybridized carbons (Fsp3) is 0.111. The summed E-state index contributed by atoms with van der Waals surface area (Å²) in [7, 11) is 0. The average molecular weight is 343 g/mol. The van der Waals surface area contributed by atoms with E-state index in [0.717, 1.165) is 21.0 Å². The first-order valence-corrected chi connectivity index (χ1v) is 8.34. The third-order valence-corrected chi connectivity index (χ3v) is 4.84. The smallest absolute Gasteiger partial charge is 0.275 e. The first kappa shape index (κ1) is 15.7. The molecule has 0 saturated heterocycles. The molecule has 0 bridgehead atoms. The van der Waals surface area contributed by atoms with Crippen LogP contribution in [0.15, 0.2) is 48.5 Å². The monoisotopic (exact) mass is 342 g/mol. The molecule has 3 aromatic rings. The van der Waals surface area contributed by atoms with Crippen molar-refractivity contribution < 1.29 is 4.79 Å². The molecule has 0 aliphatic carbocycles. The molecule has 2 aromatic carbocycles. The number of nitrogens with one attached hydrogen (secondary N) is 1. The molecular weight excluding hydrogens is 328 g/mol. The van der Waals surface area contributed by atoms with Crippen LogP contribution in [0.25, 0.3) is 10.4 Å². The number of nitrogens with zero attached hydrogens (tertiary/aromatic N) is 1. The molecule has 0 aliphatic heterocycles. The second-order valence-corrected chi connectivity index (χ2v) is 6.81. The minimum Gasteiger partial charge on any atom is -0.321 e. The van der Waals surface area contributed by atoms with Gasteiger partial charge in [-0.1, -0.05) is 48.0 Å². The fourth-order valence-corrected chi connectivity index (χ4v) is 3.33. The van der Waals surface area contributed by atoms with Gasteiger partial charge in [0, 0.05) is 10.7 Å². The summed E-state index contributed by atoms with van der Waals surface area (Å²) >= 11 is 7.62. The van der Waals surface area contributed by atoms with Crippen LogP contribution < -0.4 is 5.32 Å². The predicted molar refractivity (Wildman–Crippen MR) is 96.4 cm³/mol. The molecule has 116 valence electrons. The summed E-state index contributed by atoms with van der Waals surface area (Å²) in [6.45, 7) is 3.82. The summed E-state index contributed by atoms with van der Waals surface area (Å²) in [5.74, 6) is -0.229. The molecule has 23 heavy (non-hydrogen) atoms. The lowest BCUT2D eigenvalue weighted by Crippen LogP contribution is -2.13. The summed E-state index contributed by atoms with van der Waals surface area (Å²) in [6, 6.07) is 15.3. The Labute approximate surface area is 144 Å². The quantitative estimate of drug-likeness (QED) is 0.698. The van der Waals surface area contributed by atoms with E-state index in [2.05, 4.69) is 10.3 Å². The Balaban J connectivity index is 1.92. The zero-order valence-corrected chi connectivity index (χ0v) is 14.3. The zero-order chi connectivity index (χ0) is 16.4. The van der Waals surface area contributed by atoms with E-state index in [9.17, 15) is 4.79 Å². The van der Waals surface area contributed by atoms with Crippen molar-refractivity contribution in [3.8, 4) is 10.4 Å². The van der Waals surface area contributed by atoms with Gasteiger partial charge in [-0.25, -0.2) is 4.98 Å². The Kier molecular flexibility index (Phi) is 4.46. The van der Waals surface area contributed by atoms with Crippen molar-refractivity contribution in [2.75, 3.05) is 5.32 Å². The van der Waals surface area contributed by atoms with Crippen LogP contribution in [0.5, 0.6) is 0 Å². The maximum Gasteiger partial charge on any atom is 0.275 e. The molecular formula is C18H15ClN2OS. The maximum absolute atomic E-state index is 12.6. The van der Waals surface area contributed by atoms with Crippen molar-refractivity contribution >= 4 is 34.5 Å². The molecule has 1 heterocycles. The minimum absolute atomic E-state index is 0.229. The highest BCUT2D eigenvalue weighted by Gasteiger charge is 2.18. The molecule has 0 fully saturated rings. The Hall–Kier alpha value is -2.17. The van der Waals surface area contributed by atoms with Gasteiger partial charge >= 0.3 is 0 Å². The highest BCUT2D eigenvalue weighted by atomic mass is 35.5. The molecule has 0 unspecified atom stereocenters. The molecule has 1 N–H and O–H groups in total. The van der Waals surface area contributed by atoms with Gasteiger partial charge in [0.15, 0.2) is 0 Å². The molecule has 0 radical (unpaired) electrons. The van der Waals surface area contributed by atoms with Gasteiger partial charge in [0.25, 0.3) is 5.91 Å². The summed E-state index contributed by atoms with van der Waals surface area (Å²) in [5.41, 5.74) is 3.06. The summed E-state index contributed by atoms with van der Waals surface area (Å²) in [6.07, 6.45) is 0. The van der Waals surface area contributed by atoms with Crippen LogP contribution in [0.2, 0.25) is 5.02 Å². The Bertz CT molecular complexity index is 859. The van der Waals surface area contributed by atoms with Crippen LogP contribution in [0.3, 0.4) is 0 Å². The van der Waals surface area contributed by atoms with Crippen molar-refractivity contribution in [1.29, 1.82) is 0 Å². The van der Waals surface area contributed by atoms with Crippen LogP contribution >= 0.6 is 22.9 Å². The van der Waals surface area contributed by atoms with Crippen LogP contribution in [0.1, 0.15) is 21.1 Å². The standard InChI is InChI=1S/C18H15ClN2OS/c1-11-8-9-14(10-15(11)19)21-18(22)16-17(23-12(2)20-16)13-6-4-3-5-7-13/h3-10H,1-2H3,(H,21,22). The van der Waals surface area contributed by atoms with Gasteiger partial charge in [0.1, 0.15) is 5.69 Å². The van der Waals surface area contributed by atoms with Gasteiger partial charge in [-0.15, -0.1) is 11.3 Å². The number of aromatic nitrogens is 1. The lowest BCUT2D eigenvalue weighted by Gasteiger charge is -2.07. The number of hydrogen-bond donors (Lipinski definition) is 1. The first-order chi connectivity index (χ1) is 11.0. The molecule has 1 aromatic heterocycles. The van der Waals surface area contributed by atoms with E-state index in [1.165, 1.54) is 11.3 Å². The van der Waals surface area contributed by atoms with Crippen molar-refractivity contribution in [2.45, 2.75) is 13.8 Å². The van der Waals surface area contributed by atoms with Gasteiger partial charge in [-0.2, -0.15) is 0 Å². The minimum atomic E-state index is -0.229. The largest absolute Gasteiger partial charge is 0.321 e. The van der Waals surface area contributed by atoms with E-state index >= 15 is 0 Å². The number of carbonyl (C=O) groups is 1. The van der Waals surface area contributed by atoms with Crippen LogP contribution in [-0.2, 0) is 0 Å². The molecule has 3 rings (SSSR count). The van der Waals surface area contributed by atoms with Crippen molar-refractivity contribution in [1.82, 2.24) is 4.98 Å². The number of benzene rings is 2.